The zero-order valence-electron chi connectivity index (χ0n) is 10.3. The Morgan fingerprint density at radius 1 is 1.38 bits per heavy atom. The molecule has 0 aromatic heterocycles. The summed E-state index contributed by atoms with van der Waals surface area (Å²) in [5.41, 5.74) is 0.963. The van der Waals surface area contributed by atoms with Crippen LogP contribution in [-0.4, -0.2) is 26.2 Å². The van der Waals surface area contributed by atoms with Gasteiger partial charge in [-0.25, -0.2) is 4.39 Å². The molecule has 1 N–H and O–H groups in total. The molecule has 1 unspecified atom stereocenters. The Hall–Kier alpha value is -1.09. The summed E-state index contributed by atoms with van der Waals surface area (Å²) in [7, 11) is 1.95. The van der Waals surface area contributed by atoms with Gasteiger partial charge in [0.2, 0.25) is 0 Å². The van der Waals surface area contributed by atoms with E-state index in [0.717, 1.165) is 25.2 Å². The van der Waals surface area contributed by atoms with Crippen LogP contribution in [0.15, 0.2) is 24.3 Å². The fourth-order valence-corrected chi connectivity index (χ4v) is 2.02. The van der Waals surface area contributed by atoms with E-state index in [1.807, 2.05) is 13.1 Å². The van der Waals surface area contributed by atoms with Crippen molar-refractivity contribution in [3.63, 3.8) is 0 Å². The van der Waals surface area contributed by atoms with Crippen LogP contribution in [0.4, 0.5) is 10.1 Å². The van der Waals surface area contributed by atoms with E-state index in [4.69, 9.17) is 0 Å². The van der Waals surface area contributed by atoms with E-state index in [1.165, 1.54) is 6.07 Å². The predicted octanol–water partition coefficient (Wildman–Crippen LogP) is 2.65. The number of likely N-dealkylation sites (N-methyl/N-ethyl adjacent to an activating group) is 2. The van der Waals surface area contributed by atoms with E-state index in [2.05, 4.69) is 24.1 Å². The van der Waals surface area contributed by atoms with Crippen LogP contribution < -0.4 is 10.2 Å². The molecule has 0 heterocycles. The van der Waals surface area contributed by atoms with Crippen LogP contribution >= 0.6 is 0 Å². The Morgan fingerprint density at radius 3 is 2.62 bits per heavy atom. The molecular formula is C13H21FN2. The van der Waals surface area contributed by atoms with Crippen LogP contribution in [0.2, 0.25) is 0 Å². The van der Waals surface area contributed by atoms with Crippen molar-refractivity contribution in [1.82, 2.24) is 5.32 Å². The number of hydrogen-bond donors (Lipinski definition) is 1. The van der Waals surface area contributed by atoms with Gasteiger partial charge in [0, 0.05) is 24.8 Å². The van der Waals surface area contributed by atoms with Crippen LogP contribution in [0.1, 0.15) is 20.3 Å². The minimum atomic E-state index is -0.171. The lowest BCUT2D eigenvalue weighted by Crippen LogP contribution is -2.41. The van der Waals surface area contributed by atoms with Gasteiger partial charge in [-0.3, -0.25) is 0 Å². The van der Waals surface area contributed by atoms with E-state index in [0.29, 0.717) is 6.04 Å². The third kappa shape index (κ3) is 3.20. The lowest BCUT2D eigenvalue weighted by Gasteiger charge is -2.32. The van der Waals surface area contributed by atoms with Crippen molar-refractivity contribution in [2.75, 3.05) is 25.0 Å². The minimum absolute atomic E-state index is 0.171. The second-order valence-corrected chi connectivity index (χ2v) is 3.89. The highest BCUT2D eigenvalue weighted by Crippen LogP contribution is 2.19. The highest BCUT2D eigenvalue weighted by atomic mass is 19.1. The number of benzene rings is 1. The van der Waals surface area contributed by atoms with E-state index >= 15 is 0 Å². The number of halogens is 1. The maximum atomic E-state index is 13.2. The zero-order valence-corrected chi connectivity index (χ0v) is 10.3. The average Bonchev–Trinajstić information content (AvgIpc) is 2.29. The van der Waals surface area contributed by atoms with Gasteiger partial charge in [0.05, 0.1) is 0 Å². The van der Waals surface area contributed by atoms with Crippen LogP contribution in [0.25, 0.3) is 0 Å². The third-order valence-corrected chi connectivity index (χ3v) is 2.83. The molecule has 0 aliphatic heterocycles. The molecule has 3 heteroatoms. The molecule has 1 atom stereocenters. The molecule has 0 fully saturated rings. The fraction of sp³-hybridized carbons (Fsp3) is 0.538. The molecule has 90 valence electrons. The summed E-state index contributed by atoms with van der Waals surface area (Å²) in [6.45, 7) is 6.07. The fourth-order valence-electron chi connectivity index (χ4n) is 2.02. The van der Waals surface area contributed by atoms with Crippen LogP contribution in [-0.2, 0) is 0 Å². The first-order valence-corrected chi connectivity index (χ1v) is 5.89. The van der Waals surface area contributed by atoms with E-state index in [1.54, 1.807) is 12.1 Å². The highest BCUT2D eigenvalue weighted by molar-refractivity contribution is 5.47. The topological polar surface area (TPSA) is 15.3 Å². The van der Waals surface area contributed by atoms with Crippen LogP contribution in [0.3, 0.4) is 0 Å². The molecule has 0 aliphatic rings. The molecule has 0 amide bonds. The lowest BCUT2D eigenvalue weighted by molar-refractivity contribution is 0.549. The normalized spacial score (nSPS) is 12.5. The van der Waals surface area contributed by atoms with Crippen molar-refractivity contribution in [1.29, 1.82) is 0 Å². The number of rotatable bonds is 6. The molecule has 1 rings (SSSR count). The third-order valence-electron chi connectivity index (χ3n) is 2.83. The number of hydrogen-bond acceptors (Lipinski definition) is 2. The molecule has 1 aromatic carbocycles. The van der Waals surface area contributed by atoms with Gasteiger partial charge in [-0.05, 0) is 38.6 Å². The Balaban J connectivity index is 2.87. The van der Waals surface area contributed by atoms with Crippen LogP contribution in [0.5, 0.6) is 0 Å². The molecule has 0 aliphatic carbocycles. The SMILES string of the molecule is CCC(CNC)N(CC)c1cccc(F)c1. The van der Waals surface area contributed by atoms with E-state index in [-0.39, 0.29) is 5.82 Å². The Labute approximate surface area is 97.5 Å². The molecule has 0 spiro atoms. The van der Waals surface area contributed by atoms with E-state index < -0.39 is 0 Å². The lowest BCUT2D eigenvalue weighted by atomic mass is 10.1. The summed E-state index contributed by atoms with van der Waals surface area (Å²) >= 11 is 0. The van der Waals surface area contributed by atoms with Gasteiger partial charge in [-0.15, -0.1) is 0 Å². The van der Waals surface area contributed by atoms with E-state index in [9.17, 15) is 4.39 Å². The molecule has 1 aromatic rings. The highest BCUT2D eigenvalue weighted by Gasteiger charge is 2.15. The summed E-state index contributed by atoms with van der Waals surface area (Å²) in [4.78, 5) is 2.24. The Morgan fingerprint density at radius 2 is 2.12 bits per heavy atom. The smallest absolute Gasteiger partial charge is 0.125 e. The van der Waals surface area contributed by atoms with Crippen molar-refractivity contribution < 1.29 is 4.39 Å². The first-order valence-electron chi connectivity index (χ1n) is 5.89. The summed E-state index contributed by atoms with van der Waals surface area (Å²) < 4.78 is 13.2. The number of nitrogens with zero attached hydrogens (tertiary/aromatic N) is 1. The maximum Gasteiger partial charge on any atom is 0.125 e. The largest absolute Gasteiger partial charge is 0.367 e. The first kappa shape index (κ1) is 13.0. The molecular weight excluding hydrogens is 203 g/mol. The standard InChI is InChI=1S/C13H21FN2/c1-4-12(10-15-3)16(5-2)13-8-6-7-11(14)9-13/h6-9,12,15H,4-5,10H2,1-3H3. The number of nitrogens with one attached hydrogen (secondary N) is 1. The Bertz CT molecular complexity index is 315. The van der Waals surface area contributed by atoms with Gasteiger partial charge in [0.25, 0.3) is 0 Å². The first-order chi connectivity index (χ1) is 7.72. The van der Waals surface area contributed by atoms with Crippen molar-refractivity contribution in [2.24, 2.45) is 0 Å². The molecule has 2 nitrogen and oxygen atoms in total. The second kappa shape index (κ2) is 6.48. The van der Waals surface area contributed by atoms with Gasteiger partial charge < -0.3 is 10.2 Å². The second-order valence-electron chi connectivity index (χ2n) is 3.89. The number of anilines is 1. The van der Waals surface area contributed by atoms with Crippen molar-refractivity contribution in [3.8, 4) is 0 Å². The molecule has 0 saturated carbocycles. The van der Waals surface area contributed by atoms with Gasteiger partial charge in [-0.2, -0.15) is 0 Å². The van der Waals surface area contributed by atoms with Gasteiger partial charge >= 0.3 is 0 Å². The molecule has 16 heavy (non-hydrogen) atoms. The van der Waals surface area contributed by atoms with Crippen molar-refractivity contribution in [2.45, 2.75) is 26.3 Å². The monoisotopic (exact) mass is 224 g/mol. The predicted molar refractivity (Wildman–Crippen MR) is 67.4 cm³/mol. The summed E-state index contributed by atoms with van der Waals surface area (Å²) in [6, 6.07) is 7.22. The minimum Gasteiger partial charge on any atom is -0.367 e. The zero-order chi connectivity index (χ0) is 12.0. The summed E-state index contributed by atoms with van der Waals surface area (Å²) in [6.07, 6.45) is 1.05. The van der Waals surface area contributed by atoms with Crippen molar-refractivity contribution in [3.05, 3.63) is 30.1 Å². The summed E-state index contributed by atoms with van der Waals surface area (Å²) in [5, 5.41) is 3.18. The average molecular weight is 224 g/mol. The quantitative estimate of drug-likeness (QED) is 0.799. The van der Waals surface area contributed by atoms with Gasteiger partial charge in [0.15, 0.2) is 0 Å². The summed E-state index contributed by atoms with van der Waals surface area (Å²) in [5.74, 6) is -0.171. The maximum absolute atomic E-state index is 13.2. The van der Waals surface area contributed by atoms with Crippen LogP contribution in [0, 0.1) is 5.82 Å². The molecule has 0 saturated heterocycles. The van der Waals surface area contributed by atoms with Gasteiger partial charge in [-0.1, -0.05) is 13.0 Å². The Kier molecular flexibility index (Phi) is 5.26. The van der Waals surface area contributed by atoms with Gasteiger partial charge in [0.1, 0.15) is 5.82 Å². The molecule has 0 radical (unpaired) electrons. The molecule has 0 bridgehead atoms. The van der Waals surface area contributed by atoms with Crippen molar-refractivity contribution >= 4 is 5.69 Å².